The van der Waals surface area contributed by atoms with Crippen molar-refractivity contribution in [1.82, 2.24) is 5.32 Å². The molecular formula is C17H23NO5. The Kier molecular flexibility index (Phi) is 7.03. The molecule has 23 heavy (non-hydrogen) atoms. The number of amides is 1. The van der Waals surface area contributed by atoms with E-state index in [1.807, 2.05) is 6.07 Å². The molecule has 6 heteroatoms. The van der Waals surface area contributed by atoms with Crippen molar-refractivity contribution in [2.45, 2.75) is 44.5 Å². The molecule has 1 aromatic rings. The Morgan fingerprint density at radius 2 is 2.09 bits per heavy atom. The van der Waals surface area contributed by atoms with E-state index < -0.39 is 12.1 Å². The second kappa shape index (κ2) is 9.27. The predicted molar refractivity (Wildman–Crippen MR) is 84.1 cm³/mol. The number of carboxylic acid groups (broad SMARTS) is 1. The van der Waals surface area contributed by atoms with E-state index in [2.05, 4.69) is 5.32 Å². The standard InChI is InChI=1S/C17H23NO5/c19-15(20)12-14(23-16-8-4-5-11-22-16)9-10-18-17(21)13-6-2-1-3-7-13/h1-3,6-7,14,16H,4-5,8-12H2,(H,18,21)(H,19,20)/t14-,16?/m1/s1. The number of rotatable bonds is 8. The van der Waals surface area contributed by atoms with Crippen LogP contribution in [0.1, 0.15) is 42.5 Å². The highest BCUT2D eigenvalue weighted by Gasteiger charge is 2.22. The summed E-state index contributed by atoms with van der Waals surface area (Å²) in [6, 6.07) is 8.90. The molecule has 1 heterocycles. The van der Waals surface area contributed by atoms with Crippen LogP contribution in [-0.4, -0.2) is 42.5 Å². The summed E-state index contributed by atoms with van der Waals surface area (Å²) < 4.78 is 11.2. The third-order valence-corrected chi connectivity index (χ3v) is 3.67. The molecule has 0 saturated carbocycles. The SMILES string of the molecule is O=C(O)C[C@@H](CCNC(=O)c1ccccc1)OC1CCCCO1. The van der Waals surface area contributed by atoms with Gasteiger partial charge in [-0.05, 0) is 37.8 Å². The van der Waals surface area contributed by atoms with Crippen LogP contribution in [-0.2, 0) is 14.3 Å². The molecule has 1 unspecified atom stereocenters. The number of hydrogen-bond acceptors (Lipinski definition) is 4. The molecule has 1 aromatic carbocycles. The summed E-state index contributed by atoms with van der Waals surface area (Å²) in [4.78, 5) is 22.9. The minimum Gasteiger partial charge on any atom is -0.481 e. The molecule has 1 fully saturated rings. The minimum atomic E-state index is -0.916. The fraction of sp³-hybridized carbons (Fsp3) is 0.529. The zero-order valence-electron chi connectivity index (χ0n) is 13.1. The zero-order chi connectivity index (χ0) is 16.5. The molecule has 1 amide bonds. The van der Waals surface area contributed by atoms with Gasteiger partial charge in [0.1, 0.15) is 0 Å². The summed E-state index contributed by atoms with van der Waals surface area (Å²) in [5.74, 6) is -1.09. The summed E-state index contributed by atoms with van der Waals surface area (Å²) in [7, 11) is 0. The molecule has 1 aliphatic rings. The number of carboxylic acids is 1. The van der Waals surface area contributed by atoms with Crippen molar-refractivity contribution in [3.63, 3.8) is 0 Å². The van der Waals surface area contributed by atoms with Crippen molar-refractivity contribution in [3.05, 3.63) is 35.9 Å². The second-order valence-corrected chi connectivity index (χ2v) is 5.56. The van der Waals surface area contributed by atoms with Crippen LogP contribution in [0.25, 0.3) is 0 Å². The minimum absolute atomic E-state index is 0.0962. The molecule has 6 nitrogen and oxygen atoms in total. The summed E-state index contributed by atoms with van der Waals surface area (Å²) >= 11 is 0. The van der Waals surface area contributed by atoms with Crippen molar-refractivity contribution in [3.8, 4) is 0 Å². The third-order valence-electron chi connectivity index (χ3n) is 3.67. The van der Waals surface area contributed by atoms with E-state index in [9.17, 15) is 9.59 Å². The molecule has 0 bridgehead atoms. The largest absolute Gasteiger partial charge is 0.481 e. The first kappa shape index (κ1) is 17.4. The summed E-state index contributed by atoms with van der Waals surface area (Å²) in [6.45, 7) is 1.01. The number of ether oxygens (including phenoxy) is 2. The second-order valence-electron chi connectivity index (χ2n) is 5.56. The van der Waals surface area contributed by atoms with Gasteiger partial charge in [0.25, 0.3) is 5.91 Å². The molecule has 0 spiro atoms. The lowest BCUT2D eigenvalue weighted by atomic mass is 10.1. The van der Waals surface area contributed by atoms with E-state index >= 15 is 0 Å². The molecule has 0 radical (unpaired) electrons. The summed E-state index contributed by atoms with van der Waals surface area (Å²) in [5, 5.41) is 11.8. The Balaban J connectivity index is 1.78. The quantitative estimate of drug-likeness (QED) is 0.766. The van der Waals surface area contributed by atoms with Crippen LogP contribution in [0, 0.1) is 0 Å². The Morgan fingerprint density at radius 1 is 1.30 bits per heavy atom. The molecule has 1 aliphatic heterocycles. The topological polar surface area (TPSA) is 84.9 Å². The number of carbonyl (C=O) groups excluding carboxylic acids is 1. The van der Waals surface area contributed by atoms with Crippen molar-refractivity contribution < 1.29 is 24.2 Å². The van der Waals surface area contributed by atoms with Crippen molar-refractivity contribution in [1.29, 1.82) is 0 Å². The Hall–Kier alpha value is -1.92. The van der Waals surface area contributed by atoms with Gasteiger partial charge in [0, 0.05) is 18.7 Å². The average molecular weight is 321 g/mol. The van der Waals surface area contributed by atoms with Crippen LogP contribution in [0.15, 0.2) is 30.3 Å². The molecule has 0 aliphatic carbocycles. The van der Waals surface area contributed by atoms with Gasteiger partial charge in [0.2, 0.25) is 0 Å². The van der Waals surface area contributed by atoms with Crippen molar-refractivity contribution in [2.75, 3.05) is 13.2 Å². The highest BCUT2D eigenvalue weighted by Crippen LogP contribution is 2.18. The molecule has 2 rings (SSSR count). The average Bonchev–Trinajstić information content (AvgIpc) is 2.56. The molecule has 0 aromatic heterocycles. The van der Waals surface area contributed by atoms with E-state index in [1.54, 1.807) is 24.3 Å². The molecule has 126 valence electrons. The van der Waals surface area contributed by atoms with Crippen LogP contribution in [0.3, 0.4) is 0 Å². The molecule has 1 saturated heterocycles. The lowest BCUT2D eigenvalue weighted by Crippen LogP contribution is -2.33. The van der Waals surface area contributed by atoms with Crippen molar-refractivity contribution in [2.24, 2.45) is 0 Å². The highest BCUT2D eigenvalue weighted by atomic mass is 16.7. The molecule has 2 N–H and O–H groups in total. The smallest absolute Gasteiger partial charge is 0.305 e. The van der Waals surface area contributed by atoms with E-state index in [4.69, 9.17) is 14.6 Å². The van der Waals surface area contributed by atoms with Gasteiger partial charge < -0.3 is 19.9 Å². The predicted octanol–water partition coefficient (Wildman–Crippen LogP) is 2.19. The molecular weight excluding hydrogens is 298 g/mol. The van der Waals surface area contributed by atoms with Gasteiger partial charge >= 0.3 is 5.97 Å². The van der Waals surface area contributed by atoms with Gasteiger partial charge in [0.15, 0.2) is 6.29 Å². The zero-order valence-corrected chi connectivity index (χ0v) is 13.1. The summed E-state index contributed by atoms with van der Waals surface area (Å²) in [5.41, 5.74) is 0.582. The van der Waals surface area contributed by atoms with Gasteiger partial charge in [-0.2, -0.15) is 0 Å². The normalized spacial score (nSPS) is 19.0. The first-order valence-corrected chi connectivity index (χ1v) is 7.97. The number of carbonyl (C=O) groups is 2. The molecule has 2 atom stereocenters. The van der Waals surface area contributed by atoms with Crippen LogP contribution in [0.4, 0.5) is 0 Å². The number of aliphatic carboxylic acids is 1. The lowest BCUT2D eigenvalue weighted by Gasteiger charge is -2.27. The van der Waals surface area contributed by atoms with Gasteiger partial charge in [-0.25, -0.2) is 0 Å². The maximum Gasteiger partial charge on any atom is 0.305 e. The van der Waals surface area contributed by atoms with E-state index in [0.29, 0.717) is 25.1 Å². The number of benzene rings is 1. The Labute approximate surface area is 135 Å². The van der Waals surface area contributed by atoms with E-state index in [-0.39, 0.29) is 18.6 Å². The van der Waals surface area contributed by atoms with Crippen molar-refractivity contribution >= 4 is 11.9 Å². The first-order valence-electron chi connectivity index (χ1n) is 7.97. The maximum atomic E-state index is 11.9. The number of nitrogens with one attached hydrogen (secondary N) is 1. The van der Waals surface area contributed by atoms with Gasteiger partial charge in [-0.3, -0.25) is 9.59 Å². The van der Waals surface area contributed by atoms with Crippen LogP contribution in [0.2, 0.25) is 0 Å². The number of hydrogen-bond donors (Lipinski definition) is 2. The maximum absolute atomic E-state index is 11.9. The van der Waals surface area contributed by atoms with E-state index in [0.717, 1.165) is 19.3 Å². The van der Waals surface area contributed by atoms with Gasteiger partial charge in [-0.1, -0.05) is 18.2 Å². The first-order chi connectivity index (χ1) is 11.1. The van der Waals surface area contributed by atoms with E-state index in [1.165, 1.54) is 0 Å². The Bertz CT molecular complexity index is 499. The Morgan fingerprint density at radius 3 is 2.74 bits per heavy atom. The lowest BCUT2D eigenvalue weighted by molar-refractivity contribution is -0.192. The monoisotopic (exact) mass is 321 g/mol. The van der Waals surface area contributed by atoms with Crippen LogP contribution >= 0.6 is 0 Å². The van der Waals surface area contributed by atoms with Gasteiger partial charge in [-0.15, -0.1) is 0 Å². The third kappa shape index (κ3) is 6.38. The van der Waals surface area contributed by atoms with Gasteiger partial charge in [0.05, 0.1) is 12.5 Å². The van der Waals surface area contributed by atoms with Crippen LogP contribution in [0.5, 0.6) is 0 Å². The van der Waals surface area contributed by atoms with Crippen LogP contribution < -0.4 is 5.32 Å². The summed E-state index contributed by atoms with van der Waals surface area (Å²) in [6.07, 6.45) is 2.36. The fourth-order valence-electron chi connectivity index (χ4n) is 2.48. The highest BCUT2D eigenvalue weighted by molar-refractivity contribution is 5.94. The fourth-order valence-corrected chi connectivity index (χ4v) is 2.48.